The first-order chi connectivity index (χ1) is 15.1. The van der Waals surface area contributed by atoms with Gasteiger partial charge in [0.2, 0.25) is 5.95 Å². The number of halogens is 2. The van der Waals surface area contributed by atoms with Crippen molar-refractivity contribution in [3.8, 4) is 0 Å². The first-order valence-electron chi connectivity index (χ1n) is 11.3. The number of nitrogens with zero attached hydrogens (tertiary/aromatic N) is 3. The molecule has 1 atom stereocenters. The van der Waals surface area contributed by atoms with E-state index in [1.54, 1.807) is 6.20 Å². The van der Waals surface area contributed by atoms with Crippen molar-refractivity contribution >= 4 is 23.2 Å². The summed E-state index contributed by atoms with van der Waals surface area (Å²) in [6.07, 6.45) is 10.2. The van der Waals surface area contributed by atoms with Gasteiger partial charge in [-0.25, -0.2) is 23.7 Å². The number of hydrogen-bond acceptors (Lipinski definition) is 5. The molecule has 1 aliphatic heterocycles. The van der Waals surface area contributed by atoms with Gasteiger partial charge in [0.15, 0.2) is 11.6 Å². The van der Waals surface area contributed by atoms with E-state index in [4.69, 9.17) is 10.7 Å². The van der Waals surface area contributed by atoms with Crippen LogP contribution in [0.2, 0.25) is 0 Å². The summed E-state index contributed by atoms with van der Waals surface area (Å²) in [5.74, 6) is 0.0553. The number of aromatic nitrogens is 2. The molecule has 164 valence electrons. The van der Waals surface area contributed by atoms with E-state index < -0.39 is 11.6 Å². The molecule has 0 radical (unpaired) electrons. The van der Waals surface area contributed by atoms with Gasteiger partial charge in [0.25, 0.3) is 0 Å². The molecule has 2 heterocycles. The number of nitrogens with two attached hydrogens (primary N) is 1. The second-order valence-corrected chi connectivity index (χ2v) is 8.96. The zero-order valence-corrected chi connectivity index (χ0v) is 17.5. The quantitative estimate of drug-likeness (QED) is 0.649. The summed E-state index contributed by atoms with van der Waals surface area (Å²) in [4.78, 5) is 13.7. The molecule has 8 heteroatoms. The molecule has 2 fully saturated rings. The van der Waals surface area contributed by atoms with Gasteiger partial charge in [-0.15, -0.1) is 0 Å². The Morgan fingerprint density at radius 3 is 2.45 bits per heavy atom. The number of nitrogens with one attached hydrogen (secondary N) is 2. The first kappa shape index (κ1) is 20.3. The van der Waals surface area contributed by atoms with Crippen molar-refractivity contribution < 1.29 is 8.78 Å². The number of para-hydroxylation sites is 1. The molecular formula is C23H28F2N6. The Bertz CT molecular complexity index is 960. The van der Waals surface area contributed by atoms with Crippen LogP contribution in [0.3, 0.4) is 0 Å². The predicted octanol–water partition coefficient (Wildman–Crippen LogP) is 4.87. The van der Waals surface area contributed by atoms with Gasteiger partial charge in [-0.05, 0) is 56.6 Å². The van der Waals surface area contributed by atoms with Crippen molar-refractivity contribution in [1.29, 1.82) is 0 Å². The van der Waals surface area contributed by atoms with Gasteiger partial charge in [0.1, 0.15) is 11.5 Å². The highest BCUT2D eigenvalue weighted by atomic mass is 19.1. The maximum absolute atomic E-state index is 14.3. The van der Waals surface area contributed by atoms with Crippen LogP contribution in [0.5, 0.6) is 0 Å². The third-order valence-corrected chi connectivity index (χ3v) is 6.82. The lowest BCUT2D eigenvalue weighted by Crippen LogP contribution is -2.33. The van der Waals surface area contributed by atoms with Gasteiger partial charge in [0, 0.05) is 12.1 Å². The molecular weight excluding hydrogens is 398 g/mol. The van der Waals surface area contributed by atoms with Gasteiger partial charge in [-0.2, -0.15) is 0 Å². The maximum Gasteiger partial charge on any atom is 0.223 e. The minimum Gasteiger partial charge on any atom is -0.351 e. The average Bonchev–Trinajstić information content (AvgIpc) is 3.39. The molecule has 2 aromatic rings. The number of fused-ring (bicyclic) bond motifs is 1. The molecule has 0 amide bonds. The molecule has 1 aromatic carbocycles. The summed E-state index contributed by atoms with van der Waals surface area (Å²) < 4.78 is 28.5. The molecule has 0 saturated heterocycles. The van der Waals surface area contributed by atoms with E-state index >= 15 is 0 Å². The summed E-state index contributed by atoms with van der Waals surface area (Å²) >= 11 is 0. The monoisotopic (exact) mass is 426 g/mol. The maximum atomic E-state index is 14.3. The van der Waals surface area contributed by atoms with Crippen LogP contribution in [-0.2, 0) is 0 Å². The molecule has 0 bridgehead atoms. The molecule has 6 nitrogen and oxygen atoms in total. The Hall–Kier alpha value is -2.61. The van der Waals surface area contributed by atoms with E-state index in [1.807, 2.05) is 0 Å². The van der Waals surface area contributed by atoms with Crippen molar-refractivity contribution in [3.63, 3.8) is 0 Å². The molecule has 31 heavy (non-hydrogen) atoms. The number of anilines is 2. The van der Waals surface area contributed by atoms with Crippen molar-refractivity contribution in [1.82, 2.24) is 9.97 Å². The zero-order valence-electron chi connectivity index (χ0n) is 17.5. The SMILES string of the molecule is NC1CCC(Nc2ncc3c(n2)C(C2CCCC2)C(=Nc2c(F)cccc2F)N3)CC1. The third kappa shape index (κ3) is 4.13. The summed E-state index contributed by atoms with van der Waals surface area (Å²) in [7, 11) is 0. The van der Waals surface area contributed by atoms with E-state index in [9.17, 15) is 8.78 Å². The Labute approximate surface area is 180 Å². The van der Waals surface area contributed by atoms with Gasteiger partial charge < -0.3 is 16.4 Å². The number of hydrogen-bond donors (Lipinski definition) is 3. The van der Waals surface area contributed by atoms with Gasteiger partial charge >= 0.3 is 0 Å². The zero-order chi connectivity index (χ0) is 21.4. The Morgan fingerprint density at radius 1 is 1.03 bits per heavy atom. The second-order valence-electron chi connectivity index (χ2n) is 8.96. The minimum absolute atomic E-state index is 0.111. The standard InChI is InChI=1S/C23H28F2N6/c24-16-6-3-7-17(25)20(16)30-22-19(13-4-1-2-5-13)21-18(29-22)12-27-23(31-21)28-15-10-8-14(26)9-11-15/h3,6-7,12-15,19H,1-2,4-5,8-11,26H2,(H,29,30)(H,27,28,31). The Balaban J connectivity index is 1.46. The van der Waals surface area contributed by atoms with Gasteiger partial charge in [-0.1, -0.05) is 18.9 Å². The van der Waals surface area contributed by atoms with Crippen molar-refractivity contribution in [2.45, 2.75) is 69.4 Å². The van der Waals surface area contributed by atoms with Crippen molar-refractivity contribution in [2.75, 3.05) is 10.6 Å². The fourth-order valence-corrected chi connectivity index (χ4v) is 5.14. The fourth-order valence-electron chi connectivity index (χ4n) is 5.14. The van der Waals surface area contributed by atoms with Crippen LogP contribution in [-0.4, -0.2) is 27.9 Å². The number of amidine groups is 1. The molecule has 2 saturated carbocycles. The topological polar surface area (TPSA) is 88.2 Å². The van der Waals surface area contributed by atoms with Crippen LogP contribution in [0.25, 0.3) is 0 Å². The third-order valence-electron chi connectivity index (χ3n) is 6.82. The van der Waals surface area contributed by atoms with Crippen LogP contribution in [0.1, 0.15) is 63.0 Å². The summed E-state index contributed by atoms with van der Waals surface area (Å²) in [5, 5.41) is 6.71. The molecule has 3 aliphatic rings. The Kier molecular flexibility index (Phi) is 5.56. The summed E-state index contributed by atoms with van der Waals surface area (Å²) in [6.45, 7) is 0. The molecule has 5 rings (SSSR count). The van der Waals surface area contributed by atoms with Crippen LogP contribution in [0.4, 0.5) is 26.1 Å². The smallest absolute Gasteiger partial charge is 0.223 e. The lowest BCUT2D eigenvalue weighted by atomic mass is 9.88. The number of rotatable bonds is 4. The lowest BCUT2D eigenvalue weighted by molar-refractivity contribution is 0.409. The largest absolute Gasteiger partial charge is 0.351 e. The molecule has 4 N–H and O–H groups in total. The normalized spacial score (nSPS) is 27.3. The average molecular weight is 427 g/mol. The molecule has 1 unspecified atom stereocenters. The van der Waals surface area contributed by atoms with E-state index in [1.165, 1.54) is 18.2 Å². The lowest BCUT2D eigenvalue weighted by Gasteiger charge is -2.27. The van der Waals surface area contributed by atoms with Crippen LogP contribution < -0.4 is 16.4 Å². The van der Waals surface area contributed by atoms with Crippen molar-refractivity contribution in [3.05, 3.63) is 41.7 Å². The highest BCUT2D eigenvalue weighted by Gasteiger charge is 2.39. The summed E-state index contributed by atoms with van der Waals surface area (Å²) in [5.41, 5.74) is 7.39. The first-order valence-corrected chi connectivity index (χ1v) is 11.3. The van der Waals surface area contributed by atoms with Crippen LogP contribution in [0, 0.1) is 17.6 Å². The fraction of sp³-hybridized carbons (Fsp3) is 0.522. The van der Waals surface area contributed by atoms with Crippen LogP contribution >= 0.6 is 0 Å². The van der Waals surface area contributed by atoms with Crippen molar-refractivity contribution in [2.24, 2.45) is 16.6 Å². The predicted molar refractivity (Wildman–Crippen MR) is 118 cm³/mol. The number of aliphatic imine (C=N–C) groups is 1. The van der Waals surface area contributed by atoms with Crippen LogP contribution in [0.15, 0.2) is 29.4 Å². The number of benzene rings is 1. The van der Waals surface area contributed by atoms with Gasteiger partial charge in [-0.3, -0.25) is 0 Å². The minimum atomic E-state index is -0.667. The summed E-state index contributed by atoms with van der Waals surface area (Å²) in [6, 6.07) is 4.41. The van der Waals surface area contributed by atoms with E-state index in [2.05, 4.69) is 20.6 Å². The Morgan fingerprint density at radius 2 is 1.74 bits per heavy atom. The van der Waals surface area contributed by atoms with E-state index in [0.29, 0.717) is 23.7 Å². The highest BCUT2D eigenvalue weighted by molar-refractivity contribution is 6.07. The molecule has 2 aliphatic carbocycles. The van der Waals surface area contributed by atoms with Gasteiger partial charge in [0.05, 0.1) is 23.5 Å². The molecule has 1 aromatic heterocycles. The van der Waals surface area contributed by atoms with E-state index in [-0.39, 0.29) is 17.6 Å². The highest BCUT2D eigenvalue weighted by Crippen LogP contribution is 2.44. The second kappa shape index (κ2) is 8.49. The van der Waals surface area contributed by atoms with E-state index in [0.717, 1.165) is 62.7 Å². The molecule has 0 spiro atoms.